The summed E-state index contributed by atoms with van der Waals surface area (Å²) in [5.41, 5.74) is 0.883. The van der Waals surface area contributed by atoms with E-state index in [1.165, 1.54) is 0 Å². The Kier molecular flexibility index (Phi) is 4.48. The zero-order chi connectivity index (χ0) is 13.5. The molecule has 0 aliphatic heterocycles. The number of nitrogens with zero attached hydrogens (tertiary/aromatic N) is 4. The molecule has 0 bridgehead atoms. The second-order valence-corrected chi connectivity index (χ2v) is 3.90. The molecule has 6 heteroatoms. The third-order valence-electron chi connectivity index (χ3n) is 2.59. The van der Waals surface area contributed by atoms with Crippen molar-refractivity contribution in [3.05, 3.63) is 41.7 Å². The van der Waals surface area contributed by atoms with Crippen LogP contribution in [0.4, 0.5) is 0 Å². The Hall–Kier alpha value is -2.39. The Morgan fingerprint density at radius 1 is 1.32 bits per heavy atom. The van der Waals surface area contributed by atoms with Gasteiger partial charge in [0.05, 0.1) is 0 Å². The van der Waals surface area contributed by atoms with Crippen LogP contribution in [-0.4, -0.2) is 26.7 Å². The summed E-state index contributed by atoms with van der Waals surface area (Å²) in [7, 11) is 0. The maximum atomic E-state index is 8.98. The Bertz CT molecular complexity index is 560. The predicted molar refractivity (Wildman–Crippen MR) is 67.2 cm³/mol. The van der Waals surface area contributed by atoms with Crippen LogP contribution in [0.25, 0.3) is 0 Å². The highest BCUT2D eigenvalue weighted by molar-refractivity contribution is 5.26. The molecule has 0 unspecified atom stereocenters. The van der Waals surface area contributed by atoms with E-state index in [1.54, 1.807) is 4.68 Å². The molecule has 1 aromatic carbocycles. The largest absolute Gasteiger partial charge is 0.487 e. The molecule has 6 nitrogen and oxygen atoms in total. The first-order valence-electron chi connectivity index (χ1n) is 5.96. The van der Waals surface area contributed by atoms with Crippen molar-refractivity contribution in [3.63, 3.8) is 0 Å². The lowest BCUT2D eigenvalue weighted by Crippen LogP contribution is -2.10. The minimum absolute atomic E-state index is 0.0702. The van der Waals surface area contributed by atoms with Crippen molar-refractivity contribution in [2.45, 2.75) is 19.6 Å². The van der Waals surface area contributed by atoms with Gasteiger partial charge in [-0.15, -0.1) is 5.10 Å². The van der Waals surface area contributed by atoms with Gasteiger partial charge in [0.2, 0.25) is 0 Å². The molecule has 19 heavy (non-hydrogen) atoms. The summed E-state index contributed by atoms with van der Waals surface area (Å²) >= 11 is 0. The highest BCUT2D eigenvalue weighted by atomic mass is 16.5. The molecule has 2 rings (SSSR count). The molecule has 0 aliphatic carbocycles. The van der Waals surface area contributed by atoms with E-state index >= 15 is 0 Å². The first kappa shape index (κ1) is 13.1. The minimum atomic E-state index is 0.0702. The highest BCUT2D eigenvalue weighted by Gasteiger charge is 2.12. The molecule has 0 saturated carbocycles. The summed E-state index contributed by atoms with van der Waals surface area (Å²) in [6, 6.07) is 11.3. The lowest BCUT2D eigenvalue weighted by molar-refractivity contribution is 0.265. The van der Waals surface area contributed by atoms with Gasteiger partial charge in [-0.1, -0.05) is 23.4 Å². The van der Waals surface area contributed by atoms with Crippen molar-refractivity contribution < 1.29 is 9.84 Å². The van der Waals surface area contributed by atoms with Crippen molar-refractivity contribution in [3.8, 4) is 11.8 Å². The predicted octanol–water partition coefficient (Wildman–Crippen LogP) is 1.11. The van der Waals surface area contributed by atoms with E-state index in [1.807, 2.05) is 36.4 Å². The minimum Gasteiger partial charge on any atom is -0.487 e. The van der Waals surface area contributed by atoms with Crippen LogP contribution in [0.1, 0.15) is 17.8 Å². The Morgan fingerprint density at radius 3 is 2.79 bits per heavy atom. The Balaban J connectivity index is 2.09. The molecule has 0 aliphatic rings. The fourth-order valence-corrected chi connectivity index (χ4v) is 1.63. The first-order valence-corrected chi connectivity index (χ1v) is 5.96. The normalized spacial score (nSPS) is 10.1. The van der Waals surface area contributed by atoms with E-state index in [2.05, 4.69) is 10.3 Å². The van der Waals surface area contributed by atoms with Crippen LogP contribution in [0.3, 0.4) is 0 Å². The molecule has 0 radical (unpaired) electrons. The van der Waals surface area contributed by atoms with Gasteiger partial charge in [0.25, 0.3) is 0 Å². The van der Waals surface area contributed by atoms with E-state index in [9.17, 15) is 0 Å². The van der Waals surface area contributed by atoms with Crippen LogP contribution in [0, 0.1) is 11.3 Å². The van der Waals surface area contributed by atoms with Gasteiger partial charge in [0.1, 0.15) is 24.1 Å². The van der Waals surface area contributed by atoms with Crippen LogP contribution < -0.4 is 4.74 Å². The second-order valence-electron chi connectivity index (χ2n) is 3.90. The molecule has 0 saturated heterocycles. The van der Waals surface area contributed by atoms with Crippen LogP contribution in [0.2, 0.25) is 0 Å². The first-order chi connectivity index (χ1) is 9.35. The third-order valence-corrected chi connectivity index (χ3v) is 2.59. The number of hydrogen-bond donors (Lipinski definition) is 1. The number of aromatic nitrogens is 3. The molecule has 1 N–H and O–H groups in total. The average molecular weight is 258 g/mol. The molecular weight excluding hydrogens is 244 g/mol. The summed E-state index contributed by atoms with van der Waals surface area (Å²) < 4.78 is 7.19. The summed E-state index contributed by atoms with van der Waals surface area (Å²) in [6.45, 7) is 0.810. The van der Waals surface area contributed by atoms with Gasteiger partial charge in [-0.25, -0.2) is 4.68 Å². The SMILES string of the molecule is N#Cc1nnn(CCCO)c1COc1ccccc1. The van der Waals surface area contributed by atoms with Crippen molar-refractivity contribution in [1.82, 2.24) is 15.0 Å². The standard InChI is InChI=1S/C13H14N4O2/c14-9-12-13(17(16-15-12)7-4-8-18)10-19-11-5-2-1-3-6-11/h1-3,5-6,18H,4,7-8,10H2. The van der Waals surface area contributed by atoms with Crippen LogP contribution in [0.15, 0.2) is 30.3 Å². The number of aliphatic hydroxyl groups excluding tert-OH is 1. The zero-order valence-corrected chi connectivity index (χ0v) is 10.4. The summed E-state index contributed by atoms with van der Waals surface area (Å²) in [6.07, 6.45) is 0.562. The van der Waals surface area contributed by atoms with Crippen LogP contribution >= 0.6 is 0 Å². The quantitative estimate of drug-likeness (QED) is 0.839. The van der Waals surface area contributed by atoms with E-state index in [0.717, 1.165) is 5.75 Å². The molecule has 0 amide bonds. The lowest BCUT2D eigenvalue weighted by Gasteiger charge is -2.08. The van der Waals surface area contributed by atoms with E-state index in [4.69, 9.17) is 15.1 Å². The number of rotatable bonds is 6. The van der Waals surface area contributed by atoms with Crippen LogP contribution in [-0.2, 0) is 13.2 Å². The van der Waals surface area contributed by atoms with Gasteiger partial charge in [-0.3, -0.25) is 0 Å². The summed E-state index contributed by atoms with van der Waals surface area (Å²) in [4.78, 5) is 0. The van der Waals surface area contributed by atoms with Gasteiger partial charge in [0, 0.05) is 13.2 Å². The van der Waals surface area contributed by atoms with E-state index < -0.39 is 0 Å². The molecule has 1 heterocycles. The molecule has 0 fully saturated rings. The highest BCUT2D eigenvalue weighted by Crippen LogP contribution is 2.13. The summed E-state index contributed by atoms with van der Waals surface area (Å²) in [5.74, 6) is 0.723. The summed E-state index contributed by atoms with van der Waals surface area (Å²) in [5, 5.41) is 25.5. The Morgan fingerprint density at radius 2 is 2.11 bits per heavy atom. The number of benzene rings is 1. The number of aryl methyl sites for hydroxylation is 1. The average Bonchev–Trinajstić information content (AvgIpc) is 2.86. The lowest BCUT2D eigenvalue weighted by atomic mass is 10.3. The van der Waals surface area contributed by atoms with E-state index in [-0.39, 0.29) is 18.9 Å². The molecule has 0 spiro atoms. The van der Waals surface area contributed by atoms with Gasteiger partial charge < -0.3 is 9.84 Å². The Labute approximate surface area is 110 Å². The fraction of sp³-hybridized carbons (Fsp3) is 0.308. The van der Waals surface area contributed by atoms with Gasteiger partial charge in [-0.05, 0) is 18.6 Å². The molecule has 2 aromatic rings. The van der Waals surface area contributed by atoms with E-state index in [0.29, 0.717) is 18.7 Å². The van der Waals surface area contributed by atoms with Gasteiger partial charge in [-0.2, -0.15) is 5.26 Å². The number of para-hydroxylation sites is 1. The molecule has 1 aromatic heterocycles. The molecular formula is C13H14N4O2. The number of aliphatic hydroxyl groups is 1. The van der Waals surface area contributed by atoms with Crippen LogP contribution in [0.5, 0.6) is 5.75 Å². The monoisotopic (exact) mass is 258 g/mol. The van der Waals surface area contributed by atoms with Gasteiger partial charge >= 0.3 is 0 Å². The van der Waals surface area contributed by atoms with Crippen molar-refractivity contribution in [2.24, 2.45) is 0 Å². The fourth-order valence-electron chi connectivity index (χ4n) is 1.63. The number of ether oxygens (including phenoxy) is 1. The van der Waals surface area contributed by atoms with Crippen molar-refractivity contribution in [1.29, 1.82) is 5.26 Å². The maximum Gasteiger partial charge on any atom is 0.189 e. The molecule has 0 atom stereocenters. The number of nitriles is 1. The van der Waals surface area contributed by atoms with Crippen molar-refractivity contribution in [2.75, 3.05) is 6.61 Å². The zero-order valence-electron chi connectivity index (χ0n) is 10.4. The number of hydrogen-bond acceptors (Lipinski definition) is 5. The second kappa shape index (κ2) is 6.52. The van der Waals surface area contributed by atoms with Gasteiger partial charge in [0.15, 0.2) is 5.69 Å². The topological polar surface area (TPSA) is 84.0 Å². The smallest absolute Gasteiger partial charge is 0.189 e. The maximum absolute atomic E-state index is 8.98. The molecule has 98 valence electrons. The third kappa shape index (κ3) is 3.30. The van der Waals surface area contributed by atoms with Crippen molar-refractivity contribution >= 4 is 0 Å².